The van der Waals surface area contributed by atoms with Crippen molar-refractivity contribution < 1.29 is 14.3 Å². The number of halogens is 1. The van der Waals surface area contributed by atoms with Crippen LogP contribution < -0.4 is 20.3 Å². The van der Waals surface area contributed by atoms with Gasteiger partial charge in [0.2, 0.25) is 5.91 Å². The van der Waals surface area contributed by atoms with Crippen LogP contribution in [0.1, 0.15) is 19.3 Å². The summed E-state index contributed by atoms with van der Waals surface area (Å²) >= 11 is 0. The molecule has 1 aromatic heterocycles. The molecule has 2 fully saturated rings. The molecule has 0 radical (unpaired) electrons. The molecule has 4 rings (SSSR count). The quantitative estimate of drug-likeness (QED) is 0.802. The van der Waals surface area contributed by atoms with Crippen molar-refractivity contribution in [2.24, 2.45) is 11.1 Å². The fourth-order valence-electron chi connectivity index (χ4n) is 3.90. The van der Waals surface area contributed by atoms with Gasteiger partial charge in [0.05, 0.1) is 0 Å². The largest absolute Gasteiger partial charge is 0.488 e. The second kappa shape index (κ2) is 6.97. The van der Waals surface area contributed by atoms with Crippen molar-refractivity contribution in [1.29, 1.82) is 0 Å². The van der Waals surface area contributed by atoms with Crippen LogP contribution in [0.25, 0.3) is 0 Å². The molecule has 1 spiro atoms. The lowest BCUT2D eigenvalue weighted by Gasteiger charge is -2.33. The molecule has 8 heteroatoms. The molecule has 0 bridgehead atoms. The monoisotopic (exact) mass is 368 g/mol. The summed E-state index contributed by atoms with van der Waals surface area (Å²) in [7, 11) is 1.70. The van der Waals surface area contributed by atoms with Gasteiger partial charge in [-0.05, 0) is 36.8 Å². The number of amides is 1. The summed E-state index contributed by atoms with van der Waals surface area (Å²) in [6.07, 6.45) is 3.40. The predicted molar refractivity (Wildman–Crippen MR) is 97.7 cm³/mol. The van der Waals surface area contributed by atoms with Gasteiger partial charge in [-0.3, -0.25) is 9.69 Å². The van der Waals surface area contributed by atoms with Gasteiger partial charge < -0.3 is 20.1 Å². The molecule has 4 heterocycles. The van der Waals surface area contributed by atoms with E-state index in [1.807, 2.05) is 12.1 Å². The lowest BCUT2D eigenvalue weighted by Crippen LogP contribution is -2.43. The summed E-state index contributed by atoms with van der Waals surface area (Å²) < 4.78 is 11.2. The summed E-state index contributed by atoms with van der Waals surface area (Å²) in [6, 6.07) is 3.23. The Balaban J connectivity index is 0.00000182. The number of carbonyl (C=O) groups is 1. The normalized spacial score (nSPS) is 25.2. The smallest absolute Gasteiger partial charge is 0.248 e. The number of nitrogens with two attached hydrogens (primary N) is 1. The van der Waals surface area contributed by atoms with E-state index in [0.29, 0.717) is 17.0 Å². The summed E-state index contributed by atoms with van der Waals surface area (Å²) in [5, 5.41) is 0. The van der Waals surface area contributed by atoms with Gasteiger partial charge in [-0.15, -0.1) is 12.4 Å². The van der Waals surface area contributed by atoms with Gasteiger partial charge in [-0.25, -0.2) is 4.98 Å². The number of ether oxygens (including phenoxy) is 2. The minimum Gasteiger partial charge on any atom is -0.488 e. The lowest BCUT2D eigenvalue weighted by atomic mass is 9.80. The number of likely N-dealkylation sites (N-methyl/N-ethyl adjacent to an activating group) is 1. The van der Waals surface area contributed by atoms with Crippen LogP contribution in [-0.2, 0) is 9.53 Å². The number of fused-ring (bicyclic) bond motifs is 1. The number of pyridine rings is 1. The van der Waals surface area contributed by atoms with Gasteiger partial charge in [0.15, 0.2) is 11.6 Å². The Bertz CT molecular complexity index is 651. The molecular formula is C17H25ClN4O3. The Labute approximate surface area is 153 Å². The minimum absolute atomic E-state index is 0. The summed E-state index contributed by atoms with van der Waals surface area (Å²) in [4.78, 5) is 20.8. The molecular weight excluding hydrogens is 344 g/mol. The maximum absolute atomic E-state index is 12.2. The van der Waals surface area contributed by atoms with E-state index in [1.54, 1.807) is 7.05 Å². The molecule has 0 aliphatic carbocycles. The van der Waals surface area contributed by atoms with Gasteiger partial charge in [0.25, 0.3) is 0 Å². The Morgan fingerprint density at radius 2 is 2.04 bits per heavy atom. The van der Waals surface area contributed by atoms with E-state index in [4.69, 9.17) is 20.2 Å². The molecule has 1 aromatic rings. The highest BCUT2D eigenvalue weighted by atomic mass is 35.5. The minimum atomic E-state index is -0.648. The molecule has 25 heavy (non-hydrogen) atoms. The second-order valence-electron chi connectivity index (χ2n) is 7.09. The van der Waals surface area contributed by atoms with Crippen LogP contribution in [0.4, 0.5) is 11.6 Å². The van der Waals surface area contributed by atoms with E-state index in [0.717, 1.165) is 45.0 Å². The highest BCUT2D eigenvalue weighted by Crippen LogP contribution is 2.42. The van der Waals surface area contributed by atoms with Crippen LogP contribution in [0.3, 0.4) is 0 Å². The van der Waals surface area contributed by atoms with Crippen molar-refractivity contribution in [1.82, 2.24) is 4.98 Å². The van der Waals surface area contributed by atoms with Gasteiger partial charge in [0.1, 0.15) is 18.5 Å². The first-order chi connectivity index (χ1) is 11.6. The van der Waals surface area contributed by atoms with Gasteiger partial charge >= 0.3 is 0 Å². The molecule has 0 aromatic carbocycles. The van der Waals surface area contributed by atoms with E-state index in [2.05, 4.69) is 4.90 Å². The average molecular weight is 369 g/mol. The Hall–Kier alpha value is -1.57. The third-order valence-electron chi connectivity index (χ3n) is 5.52. The van der Waals surface area contributed by atoms with E-state index in [1.165, 1.54) is 11.3 Å². The van der Waals surface area contributed by atoms with Gasteiger partial charge in [-0.1, -0.05) is 0 Å². The maximum Gasteiger partial charge on any atom is 0.248 e. The van der Waals surface area contributed by atoms with Crippen LogP contribution >= 0.6 is 12.4 Å². The van der Waals surface area contributed by atoms with E-state index >= 15 is 0 Å². The third-order valence-corrected chi connectivity index (χ3v) is 5.52. The third kappa shape index (κ3) is 3.28. The van der Waals surface area contributed by atoms with E-state index in [-0.39, 0.29) is 24.9 Å². The highest BCUT2D eigenvalue weighted by molar-refractivity contribution is 5.97. The molecule has 1 atom stereocenters. The van der Waals surface area contributed by atoms with Crippen LogP contribution in [0, 0.1) is 5.41 Å². The van der Waals surface area contributed by atoms with Crippen LogP contribution in [0.5, 0.6) is 5.75 Å². The number of nitrogens with zero attached hydrogens (tertiary/aromatic N) is 3. The summed E-state index contributed by atoms with van der Waals surface area (Å²) in [6.45, 7) is 3.89. The number of anilines is 2. The van der Waals surface area contributed by atoms with Crippen molar-refractivity contribution in [3.05, 3.63) is 12.1 Å². The Morgan fingerprint density at radius 3 is 2.80 bits per heavy atom. The first-order valence-corrected chi connectivity index (χ1v) is 8.58. The fraction of sp³-hybridized carbons (Fsp3) is 0.647. The predicted octanol–water partition coefficient (Wildman–Crippen LogP) is 1.19. The van der Waals surface area contributed by atoms with Crippen molar-refractivity contribution in [3.63, 3.8) is 0 Å². The standard InChI is InChI=1S/C17H24N4O3.ClH/c1-20-15-13(24-10-12(18)16(20)22)2-3-14(19-15)21-7-4-17(11-21)5-8-23-9-6-17;/h2-3,12H,4-11,18H2,1H3;1H/t12-;/m0./s1. The number of rotatable bonds is 1. The summed E-state index contributed by atoms with van der Waals surface area (Å²) in [5.74, 6) is 1.90. The first-order valence-electron chi connectivity index (χ1n) is 8.58. The maximum atomic E-state index is 12.2. The second-order valence-corrected chi connectivity index (χ2v) is 7.09. The molecule has 7 nitrogen and oxygen atoms in total. The number of aromatic nitrogens is 1. The average Bonchev–Trinajstić information content (AvgIpc) is 2.97. The van der Waals surface area contributed by atoms with Crippen LogP contribution in [0.2, 0.25) is 0 Å². The van der Waals surface area contributed by atoms with Gasteiger partial charge in [0, 0.05) is 33.4 Å². The zero-order valence-electron chi connectivity index (χ0n) is 14.4. The number of carbonyl (C=O) groups excluding carboxylic acids is 1. The molecule has 2 saturated heterocycles. The van der Waals surface area contributed by atoms with Crippen molar-refractivity contribution >= 4 is 29.9 Å². The highest BCUT2D eigenvalue weighted by Gasteiger charge is 2.40. The van der Waals surface area contributed by atoms with Crippen LogP contribution in [0.15, 0.2) is 12.1 Å². The lowest BCUT2D eigenvalue weighted by molar-refractivity contribution is -0.119. The molecule has 3 aliphatic heterocycles. The molecule has 1 amide bonds. The zero-order valence-corrected chi connectivity index (χ0v) is 15.3. The molecule has 2 N–H and O–H groups in total. The van der Waals surface area contributed by atoms with Crippen molar-refractivity contribution in [2.75, 3.05) is 49.8 Å². The number of hydrogen-bond acceptors (Lipinski definition) is 6. The summed E-state index contributed by atoms with van der Waals surface area (Å²) in [5.41, 5.74) is 6.19. The topological polar surface area (TPSA) is 80.9 Å². The molecule has 0 unspecified atom stereocenters. The van der Waals surface area contributed by atoms with Crippen LogP contribution in [-0.4, -0.2) is 56.9 Å². The van der Waals surface area contributed by atoms with Crippen molar-refractivity contribution in [3.8, 4) is 5.75 Å². The van der Waals surface area contributed by atoms with E-state index < -0.39 is 6.04 Å². The molecule has 3 aliphatic rings. The molecule has 0 saturated carbocycles. The fourth-order valence-corrected chi connectivity index (χ4v) is 3.90. The Morgan fingerprint density at radius 1 is 1.28 bits per heavy atom. The Kier molecular flexibility index (Phi) is 5.09. The van der Waals surface area contributed by atoms with Gasteiger partial charge in [-0.2, -0.15) is 0 Å². The zero-order chi connectivity index (χ0) is 16.7. The SMILES string of the molecule is CN1C(=O)[C@@H](N)COc2ccc(N3CCC4(CCOCC4)C3)nc21.Cl. The number of hydrogen-bond donors (Lipinski definition) is 1. The van der Waals surface area contributed by atoms with Crippen molar-refractivity contribution in [2.45, 2.75) is 25.3 Å². The molecule has 138 valence electrons. The first kappa shape index (κ1) is 18.2. The van der Waals surface area contributed by atoms with E-state index in [9.17, 15) is 4.79 Å².